The molecule has 2 rings (SSSR count). The molecule has 8 heteroatoms. The first kappa shape index (κ1) is 17.7. The van der Waals surface area contributed by atoms with Crippen molar-refractivity contribution in [2.45, 2.75) is 23.8 Å². The molecule has 1 aromatic rings. The van der Waals surface area contributed by atoms with Gasteiger partial charge in [0.05, 0.1) is 7.11 Å². The van der Waals surface area contributed by atoms with Crippen LogP contribution in [0.15, 0.2) is 27.6 Å². The largest absolute Gasteiger partial charge is 0.497 e. The van der Waals surface area contributed by atoms with E-state index in [1.165, 1.54) is 17.5 Å². The van der Waals surface area contributed by atoms with E-state index in [4.69, 9.17) is 10.5 Å². The third-order valence-corrected chi connectivity index (χ3v) is 6.27. The van der Waals surface area contributed by atoms with Crippen LogP contribution in [0.4, 0.5) is 0 Å². The predicted molar refractivity (Wildman–Crippen MR) is 83.9 cm³/mol. The van der Waals surface area contributed by atoms with Crippen molar-refractivity contribution in [2.24, 2.45) is 5.73 Å². The van der Waals surface area contributed by atoms with Crippen molar-refractivity contribution < 1.29 is 13.2 Å². The highest BCUT2D eigenvalue weighted by Crippen LogP contribution is 2.32. The molecular weight excluding hydrogens is 368 g/mol. The Labute approximate surface area is 134 Å². The number of ether oxygens (including phenoxy) is 1. The Hall–Kier alpha value is -0.340. The van der Waals surface area contributed by atoms with Crippen molar-refractivity contribution in [2.75, 3.05) is 20.2 Å². The van der Waals surface area contributed by atoms with Crippen molar-refractivity contribution in [3.8, 4) is 5.75 Å². The molecule has 1 saturated heterocycles. The summed E-state index contributed by atoms with van der Waals surface area (Å²) in [6.45, 7) is 0.870. The second kappa shape index (κ2) is 7.09. The molecule has 20 heavy (non-hydrogen) atoms. The first-order chi connectivity index (χ1) is 9.00. The summed E-state index contributed by atoms with van der Waals surface area (Å²) in [4.78, 5) is 0.229. The maximum atomic E-state index is 12.7. The van der Waals surface area contributed by atoms with Gasteiger partial charge < -0.3 is 10.5 Å². The molecule has 0 spiro atoms. The van der Waals surface area contributed by atoms with E-state index < -0.39 is 10.0 Å². The number of hydrogen-bond donors (Lipinski definition) is 1. The SMILES string of the molecule is COc1ccc(Br)c(S(=O)(=O)N2CCCC2CN)c1.Cl. The Morgan fingerprint density at radius 1 is 1.50 bits per heavy atom. The second-order valence-electron chi connectivity index (χ2n) is 4.44. The van der Waals surface area contributed by atoms with Crippen LogP contribution in [0, 0.1) is 0 Å². The van der Waals surface area contributed by atoms with Gasteiger partial charge in [-0.05, 0) is 40.9 Å². The normalized spacial score (nSPS) is 19.6. The lowest BCUT2D eigenvalue weighted by molar-refractivity contribution is 0.391. The Kier molecular flexibility index (Phi) is 6.27. The summed E-state index contributed by atoms with van der Waals surface area (Å²) in [5.41, 5.74) is 5.65. The fourth-order valence-corrected chi connectivity index (χ4v) is 4.94. The van der Waals surface area contributed by atoms with Gasteiger partial charge in [-0.25, -0.2) is 8.42 Å². The molecule has 1 fully saturated rings. The molecular formula is C12H18BrClN2O3S. The van der Waals surface area contributed by atoms with Crippen molar-refractivity contribution in [1.82, 2.24) is 4.31 Å². The van der Waals surface area contributed by atoms with Gasteiger partial charge in [0.1, 0.15) is 10.6 Å². The third kappa shape index (κ3) is 3.28. The molecule has 0 amide bonds. The van der Waals surface area contributed by atoms with Crippen LogP contribution < -0.4 is 10.5 Å². The molecule has 0 radical (unpaired) electrons. The summed E-state index contributed by atoms with van der Waals surface area (Å²) in [6, 6.07) is 4.82. The Morgan fingerprint density at radius 3 is 2.80 bits per heavy atom. The molecule has 0 aliphatic carbocycles. The minimum atomic E-state index is -3.54. The molecule has 1 aromatic carbocycles. The Morgan fingerprint density at radius 2 is 2.20 bits per heavy atom. The lowest BCUT2D eigenvalue weighted by Crippen LogP contribution is -2.39. The van der Waals surface area contributed by atoms with Gasteiger partial charge in [-0.15, -0.1) is 12.4 Å². The average molecular weight is 386 g/mol. The topological polar surface area (TPSA) is 72.6 Å². The van der Waals surface area contributed by atoms with Gasteiger partial charge in [-0.2, -0.15) is 4.31 Å². The summed E-state index contributed by atoms with van der Waals surface area (Å²) in [5.74, 6) is 0.519. The number of halogens is 2. The standard InChI is InChI=1S/C12H17BrN2O3S.ClH/c1-18-10-4-5-11(13)12(7-10)19(16,17)15-6-2-3-9(15)8-14;/h4-5,7,9H,2-3,6,8,14H2,1H3;1H. The van der Waals surface area contributed by atoms with Crippen molar-refractivity contribution in [3.63, 3.8) is 0 Å². The fourth-order valence-electron chi connectivity index (χ4n) is 2.30. The van der Waals surface area contributed by atoms with E-state index >= 15 is 0 Å². The van der Waals surface area contributed by atoms with Crippen LogP contribution in [0.3, 0.4) is 0 Å². The number of methoxy groups -OCH3 is 1. The Balaban J connectivity index is 0.00000200. The number of hydrogen-bond acceptors (Lipinski definition) is 4. The first-order valence-electron chi connectivity index (χ1n) is 6.06. The van der Waals surface area contributed by atoms with Crippen LogP contribution in [0.25, 0.3) is 0 Å². The highest BCUT2D eigenvalue weighted by Gasteiger charge is 2.35. The summed E-state index contributed by atoms with van der Waals surface area (Å²) in [5, 5.41) is 0. The van der Waals surface area contributed by atoms with E-state index in [9.17, 15) is 8.42 Å². The smallest absolute Gasteiger partial charge is 0.244 e. The van der Waals surface area contributed by atoms with Gasteiger partial charge in [0.25, 0.3) is 0 Å². The molecule has 1 heterocycles. The zero-order valence-electron chi connectivity index (χ0n) is 11.1. The van der Waals surface area contributed by atoms with Gasteiger partial charge in [-0.3, -0.25) is 0 Å². The molecule has 5 nitrogen and oxygen atoms in total. The van der Waals surface area contributed by atoms with Gasteiger partial charge in [0, 0.05) is 29.7 Å². The number of nitrogens with zero attached hydrogens (tertiary/aromatic N) is 1. The quantitative estimate of drug-likeness (QED) is 0.860. The minimum Gasteiger partial charge on any atom is -0.497 e. The van der Waals surface area contributed by atoms with Crippen LogP contribution in [-0.2, 0) is 10.0 Å². The van der Waals surface area contributed by atoms with Crippen LogP contribution in [0.2, 0.25) is 0 Å². The summed E-state index contributed by atoms with van der Waals surface area (Å²) < 4.78 is 32.5. The van der Waals surface area contributed by atoms with E-state index in [2.05, 4.69) is 15.9 Å². The molecule has 0 saturated carbocycles. The van der Waals surface area contributed by atoms with E-state index in [-0.39, 0.29) is 23.3 Å². The summed E-state index contributed by atoms with van der Waals surface area (Å²) >= 11 is 3.29. The number of rotatable bonds is 4. The number of sulfonamides is 1. The molecule has 1 aliphatic rings. The summed E-state index contributed by atoms with van der Waals surface area (Å²) in [7, 11) is -2.02. The molecule has 2 N–H and O–H groups in total. The monoisotopic (exact) mass is 384 g/mol. The van der Waals surface area contributed by atoms with E-state index in [0.29, 0.717) is 23.3 Å². The zero-order valence-corrected chi connectivity index (χ0v) is 14.3. The van der Waals surface area contributed by atoms with Gasteiger partial charge in [0.15, 0.2) is 0 Å². The molecule has 1 aliphatic heterocycles. The lowest BCUT2D eigenvalue weighted by Gasteiger charge is -2.23. The lowest BCUT2D eigenvalue weighted by atomic mass is 10.2. The molecule has 0 aromatic heterocycles. The van der Waals surface area contributed by atoms with Gasteiger partial charge >= 0.3 is 0 Å². The fraction of sp³-hybridized carbons (Fsp3) is 0.500. The first-order valence-corrected chi connectivity index (χ1v) is 8.29. The molecule has 114 valence electrons. The second-order valence-corrected chi connectivity index (χ2v) is 7.16. The minimum absolute atomic E-state index is 0. The average Bonchev–Trinajstić information content (AvgIpc) is 2.88. The predicted octanol–water partition coefficient (Wildman–Crippen LogP) is 1.99. The van der Waals surface area contributed by atoms with Crippen LogP contribution in [0.1, 0.15) is 12.8 Å². The maximum absolute atomic E-state index is 12.7. The van der Waals surface area contributed by atoms with Crippen LogP contribution >= 0.6 is 28.3 Å². The molecule has 0 bridgehead atoms. The highest BCUT2D eigenvalue weighted by molar-refractivity contribution is 9.10. The molecule has 1 atom stereocenters. The molecule has 1 unspecified atom stereocenters. The summed E-state index contributed by atoms with van der Waals surface area (Å²) in [6.07, 6.45) is 1.67. The Bertz CT molecular complexity index is 568. The van der Waals surface area contributed by atoms with Crippen LogP contribution in [-0.4, -0.2) is 39.0 Å². The highest BCUT2D eigenvalue weighted by atomic mass is 79.9. The van der Waals surface area contributed by atoms with Crippen molar-refractivity contribution in [3.05, 3.63) is 22.7 Å². The van der Waals surface area contributed by atoms with Gasteiger partial charge in [0.2, 0.25) is 10.0 Å². The van der Waals surface area contributed by atoms with Gasteiger partial charge in [-0.1, -0.05) is 0 Å². The van der Waals surface area contributed by atoms with E-state index in [0.717, 1.165) is 12.8 Å². The third-order valence-electron chi connectivity index (χ3n) is 3.32. The van der Waals surface area contributed by atoms with Crippen molar-refractivity contribution >= 4 is 38.4 Å². The van der Waals surface area contributed by atoms with Crippen molar-refractivity contribution in [1.29, 1.82) is 0 Å². The number of benzene rings is 1. The van der Waals surface area contributed by atoms with E-state index in [1.54, 1.807) is 12.1 Å². The maximum Gasteiger partial charge on any atom is 0.244 e. The number of nitrogens with two attached hydrogens (primary N) is 1. The zero-order chi connectivity index (χ0) is 14.0. The van der Waals surface area contributed by atoms with E-state index in [1.807, 2.05) is 0 Å². The van der Waals surface area contributed by atoms with Crippen LogP contribution in [0.5, 0.6) is 5.75 Å².